The summed E-state index contributed by atoms with van der Waals surface area (Å²) in [6.45, 7) is 3.76. The Morgan fingerprint density at radius 1 is 1.21 bits per heavy atom. The fourth-order valence-electron chi connectivity index (χ4n) is 2.58. The van der Waals surface area contributed by atoms with Gasteiger partial charge in [0.25, 0.3) is 0 Å². The van der Waals surface area contributed by atoms with Gasteiger partial charge in [-0.05, 0) is 43.4 Å². The monoisotopic (exact) mass is 264 g/mol. The lowest BCUT2D eigenvalue weighted by atomic mass is 9.69. The highest BCUT2D eigenvalue weighted by molar-refractivity contribution is 5.60. The Hall–Kier alpha value is -1.42. The number of hydrogen-bond acceptors (Lipinski definition) is 4. The van der Waals surface area contributed by atoms with Crippen LogP contribution in [-0.2, 0) is 0 Å². The zero-order chi connectivity index (χ0) is 13.9. The van der Waals surface area contributed by atoms with Crippen molar-refractivity contribution in [2.24, 2.45) is 11.1 Å². The standard InChI is InChI=1S/C15H24N2O2/c1-11-7-13(18-2)14(19-3)8-12(11)17-10-15(9-16)5-4-6-15/h7-8,17H,4-6,9-10,16H2,1-3H3. The minimum Gasteiger partial charge on any atom is -0.493 e. The van der Waals surface area contributed by atoms with Crippen LogP contribution in [0.2, 0.25) is 0 Å². The van der Waals surface area contributed by atoms with Crippen molar-refractivity contribution < 1.29 is 9.47 Å². The van der Waals surface area contributed by atoms with E-state index in [1.165, 1.54) is 19.3 Å². The summed E-state index contributed by atoms with van der Waals surface area (Å²) in [5, 5.41) is 3.52. The zero-order valence-corrected chi connectivity index (χ0v) is 12.1. The van der Waals surface area contributed by atoms with E-state index in [-0.39, 0.29) is 0 Å². The third-order valence-corrected chi connectivity index (χ3v) is 4.23. The third-order valence-electron chi connectivity index (χ3n) is 4.23. The summed E-state index contributed by atoms with van der Waals surface area (Å²) >= 11 is 0. The van der Waals surface area contributed by atoms with E-state index in [0.717, 1.165) is 35.8 Å². The van der Waals surface area contributed by atoms with Crippen LogP contribution >= 0.6 is 0 Å². The second-order valence-corrected chi connectivity index (χ2v) is 5.43. The van der Waals surface area contributed by atoms with Crippen molar-refractivity contribution >= 4 is 5.69 Å². The first-order valence-electron chi connectivity index (χ1n) is 6.81. The van der Waals surface area contributed by atoms with E-state index in [4.69, 9.17) is 15.2 Å². The highest BCUT2D eigenvalue weighted by atomic mass is 16.5. The topological polar surface area (TPSA) is 56.5 Å². The van der Waals surface area contributed by atoms with E-state index >= 15 is 0 Å². The second-order valence-electron chi connectivity index (χ2n) is 5.43. The number of ether oxygens (including phenoxy) is 2. The maximum Gasteiger partial charge on any atom is 0.162 e. The van der Waals surface area contributed by atoms with Crippen LogP contribution in [0.15, 0.2) is 12.1 Å². The van der Waals surface area contributed by atoms with Gasteiger partial charge < -0.3 is 20.5 Å². The van der Waals surface area contributed by atoms with Crippen LogP contribution < -0.4 is 20.5 Å². The lowest BCUT2D eigenvalue weighted by Gasteiger charge is -2.41. The largest absolute Gasteiger partial charge is 0.493 e. The Labute approximate surface area is 115 Å². The van der Waals surface area contributed by atoms with Crippen molar-refractivity contribution in [1.82, 2.24) is 0 Å². The molecule has 0 spiro atoms. The molecular weight excluding hydrogens is 240 g/mol. The van der Waals surface area contributed by atoms with Gasteiger partial charge in [0, 0.05) is 18.3 Å². The Bertz CT molecular complexity index is 437. The van der Waals surface area contributed by atoms with Crippen molar-refractivity contribution in [3.63, 3.8) is 0 Å². The SMILES string of the molecule is COc1cc(C)c(NCC2(CN)CCC2)cc1OC. The summed E-state index contributed by atoms with van der Waals surface area (Å²) in [6.07, 6.45) is 3.75. The third kappa shape index (κ3) is 2.78. The van der Waals surface area contributed by atoms with Gasteiger partial charge in [0.15, 0.2) is 11.5 Å². The summed E-state index contributed by atoms with van der Waals surface area (Å²) < 4.78 is 10.6. The van der Waals surface area contributed by atoms with E-state index < -0.39 is 0 Å². The molecule has 0 saturated heterocycles. The van der Waals surface area contributed by atoms with Crippen LogP contribution in [0.25, 0.3) is 0 Å². The summed E-state index contributed by atoms with van der Waals surface area (Å²) in [4.78, 5) is 0. The molecule has 0 atom stereocenters. The van der Waals surface area contributed by atoms with Gasteiger partial charge in [0.1, 0.15) is 0 Å². The molecule has 0 heterocycles. The summed E-state index contributed by atoms with van der Waals surface area (Å²) in [5.74, 6) is 1.52. The maximum absolute atomic E-state index is 5.89. The van der Waals surface area contributed by atoms with Crippen molar-refractivity contribution in [1.29, 1.82) is 0 Å². The first-order chi connectivity index (χ1) is 9.14. The van der Waals surface area contributed by atoms with E-state index in [1.807, 2.05) is 12.1 Å². The molecule has 0 aromatic heterocycles. The van der Waals surface area contributed by atoms with Gasteiger partial charge in [0.05, 0.1) is 14.2 Å². The molecule has 2 rings (SSSR count). The number of hydrogen-bond donors (Lipinski definition) is 2. The molecule has 0 aliphatic heterocycles. The van der Waals surface area contributed by atoms with E-state index in [0.29, 0.717) is 5.41 Å². The van der Waals surface area contributed by atoms with Gasteiger partial charge in [0.2, 0.25) is 0 Å². The van der Waals surface area contributed by atoms with Gasteiger partial charge in [-0.15, -0.1) is 0 Å². The highest BCUT2D eigenvalue weighted by Crippen LogP contribution is 2.40. The van der Waals surface area contributed by atoms with Crippen molar-refractivity contribution in [2.75, 3.05) is 32.6 Å². The fraction of sp³-hybridized carbons (Fsp3) is 0.600. The minimum atomic E-state index is 0.291. The summed E-state index contributed by atoms with van der Waals surface area (Å²) in [6, 6.07) is 3.99. The molecule has 1 aliphatic carbocycles. The Balaban J connectivity index is 2.11. The molecule has 4 heteroatoms. The van der Waals surface area contributed by atoms with Crippen molar-refractivity contribution in [3.8, 4) is 11.5 Å². The molecule has 0 amide bonds. The molecule has 1 aromatic rings. The Morgan fingerprint density at radius 3 is 2.32 bits per heavy atom. The normalized spacial score (nSPS) is 16.6. The van der Waals surface area contributed by atoms with Crippen molar-refractivity contribution in [2.45, 2.75) is 26.2 Å². The number of methoxy groups -OCH3 is 2. The highest BCUT2D eigenvalue weighted by Gasteiger charge is 2.35. The average Bonchev–Trinajstić information content (AvgIpc) is 2.39. The number of nitrogens with two attached hydrogens (primary N) is 1. The number of aryl methyl sites for hydroxylation is 1. The predicted molar refractivity (Wildman–Crippen MR) is 78.1 cm³/mol. The van der Waals surface area contributed by atoms with Gasteiger partial charge in [-0.1, -0.05) is 6.42 Å². The van der Waals surface area contributed by atoms with Gasteiger partial charge >= 0.3 is 0 Å². The number of anilines is 1. The number of rotatable bonds is 6. The van der Waals surface area contributed by atoms with Crippen LogP contribution in [0.5, 0.6) is 11.5 Å². The molecule has 1 aromatic carbocycles. The molecule has 0 bridgehead atoms. The molecule has 1 fully saturated rings. The Morgan fingerprint density at radius 2 is 1.84 bits per heavy atom. The molecule has 0 radical (unpaired) electrons. The summed E-state index contributed by atoms with van der Waals surface area (Å²) in [7, 11) is 3.31. The molecule has 3 N–H and O–H groups in total. The van der Waals surface area contributed by atoms with Crippen LogP contribution in [0.1, 0.15) is 24.8 Å². The molecule has 0 unspecified atom stereocenters. The number of benzene rings is 1. The Kier molecular flexibility index (Phi) is 4.20. The smallest absolute Gasteiger partial charge is 0.162 e. The summed E-state index contributed by atoms with van der Waals surface area (Å²) in [5.41, 5.74) is 8.43. The van der Waals surface area contributed by atoms with E-state index in [9.17, 15) is 0 Å². The maximum atomic E-state index is 5.89. The molecule has 4 nitrogen and oxygen atoms in total. The number of nitrogens with one attached hydrogen (secondary N) is 1. The van der Waals surface area contributed by atoms with Gasteiger partial charge in [-0.3, -0.25) is 0 Å². The first kappa shape index (κ1) is 14.0. The molecule has 106 valence electrons. The van der Waals surface area contributed by atoms with Crippen LogP contribution in [-0.4, -0.2) is 27.3 Å². The quantitative estimate of drug-likeness (QED) is 0.829. The van der Waals surface area contributed by atoms with Gasteiger partial charge in [-0.25, -0.2) is 0 Å². The van der Waals surface area contributed by atoms with Gasteiger partial charge in [-0.2, -0.15) is 0 Å². The lowest BCUT2D eigenvalue weighted by Crippen LogP contribution is -2.43. The lowest BCUT2D eigenvalue weighted by molar-refractivity contribution is 0.163. The molecule has 19 heavy (non-hydrogen) atoms. The zero-order valence-electron chi connectivity index (χ0n) is 12.1. The van der Waals surface area contributed by atoms with Crippen LogP contribution in [0.4, 0.5) is 5.69 Å². The molecule has 1 aliphatic rings. The van der Waals surface area contributed by atoms with Crippen LogP contribution in [0, 0.1) is 12.3 Å². The average molecular weight is 264 g/mol. The van der Waals surface area contributed by atoms with Crippen LogP contribution in [0.3, 0.4) is 0 Å². The minimum absolute atomic E-state index is 0.291. The van der Waals surface area contributed by atoms with E-state index in [1.54, 1.807) is 14.2 Å². The first-order valence-corrected chi connectivity index (χ1v) is 6.81. The predicted octanol–water partition coefficient (Wildman–Crippen LogP) is 2.55. The van der Waals surface area contributed by atoms with E-state index in [2.05, 4.69) is 12.2 Å². The fourth-order valence-corrected chi connectivity index (χ4v) is 2.58. The van der Waals surface area contributed by atoms with Crippen molar-refractivity contribution in [3.05, 3.63) is 17.7 Å². The molecule has 1 saturated carbocycles. The second kappa shape index (κ2) is 5.70. The molecular formula is C15H24N2O2.